The van der Waals surface area contributed by atoms with Crippen molar-refractivity contribution >= 4 is 11.9 Å². The van der Waals surface area contributed by atoms with Gasteiger partial charge in [-0.2, -0.15) is 0 Å². The maximum Gasteiger partial charge on any atom is 0.328 e. The molecule has 0 saturated carbocycles. The van der Waals surface area contributed by atoms with Gasteiger partial charge in [0.05, 0.1) is 0 Å². The fraction of sp³-hybridized carbons (Fsp3) is 0. The summed E-state index contributed by atoms with van der Waals surface area (Å²) in [6, 6.07) is 0. The van der Waals surface area contributed by atoms with Gasteiger partial charge in [-0.3, -0.25) is 0 Å². The first-order valence-corrected chi connectivity index (χ1v) is 1.77. The van der Waals surface area contributed by atoms with Crippen LogP contribution >= 0.6 is 0 Å². The third-order valence-corrected chi connectivity index (χ3v) is 0.368. The third kappa shape index (κ3) is 15.7. The first-order valence-electron chi connectivity index (χ1n) is 1.77. The third-order valence-electron chi connectivity index (χ3n) is 0.368. The molecule has 0 aliphatic rings. The maximum atomic E-state index is 9.55. The van der Waals surface area contributed by atoms with Crippen LogP contribution in [0.25, 0.3) is 0 Å². The monoisotopic (exact) mass is 367 g/mol. The second-order valence-electron chi connectivity index (χ2n) is 1.01. The summed E-state index contributed by atoms with van der Waals surface area (Å²) in [7, 11) is 0. The molecule has 0 bridgehead atoms. The van der Waals surface area contributed by atoms with Gasteiger partial charge in [-0.05, 0) is 0 Å². The molecule has 62 valence electrons. The Bertz CT molecular complexity index is 128. The van der Waals surface area contributed by atoms with Gasteiger partial charge in [-0.1, -0.05) is 0 Å². The summed E-state index contributed by atoms with van der Waals surface area (Å²) >= 11 is 0. The molecule has 0 aromatic carbocycles. The van der Waals surface area contributed by atoms with Gasteiger partial charge in [-0.15, -0.1) is 0 Å². The zero-order valence-electron chi connectivity index (χ0n) is 4.54. The molecule has 6 heteroatoms. The molecule has 0 aliphatic heterocycles. The van der Waals surface area contributed by atoms with Crippen LogP contribution in [0.4, 0.5) is 0 Å². The van der Waals surface area contributed by atoms with Gasteiger partial charge in [0.1, 0.15) is 0 Å². The molecule has 0 saturated heterocycles. The molecule has 0 fully saturated rings. The van der Waals surface area contributed by atoms with Gasteiger partial charge in [0.2, 0.25) is 0 Å². The molecule has 10 heavy (non-hydrogen) atoms. The average molecular weight is 367 g/mol. The Morgan fingerprint density at radius 2 is 1.20 bits per heavy atom. The molecular weight excluding hydrogens is 363 g/mol. The van der Waals surface area contributed by atoms with Crippen molar-refractivity contribution in [1.82, 2.24) is 0 Å². The maximum absolute atomic E-state index is 9.55. The number of carboxylic acids is 2. The summed E-state index contributed by atoms with van der Waals surface area (Å²) in [4.78, 5) is 19.1. The van der Waals surface area contributed by atoms with E-state index in [1.54, 1.807) is 0 Å². The van der Waals surface area contributed by atoms with Crippen LogP contribution in [0.15, 0.2) is 12.2 Å². The Morgan fingerprint density at radius 1 is 1.00 bits per heavy atom. The van der Waals surface area contributed by atoms with E-state index in [9.17, 15) is 9.59 Å². The van der Waals surface area contributed by atoms with E-state index in [1.807, 2.05) is 0 Å². The zero-order valence-corrected chi connectivity index (χ0v) is 7.91. The van der Waals surface area contributed by atoms with Crippen LogP contribution in [-0.2, 0) is 47.7 Å². The minimum absolute atomic E-state index is 0. The van der Waals surface area contributed by atoms with Crippen molar-refractivity contribution in [2.45, 2.75) is 0 Å². The van der Waals surface area contributed by atoms with Gasteiger partial charge in [0.15, 0.2) is 0 Å². The van der Waals surface area contributed by atoms with Crippen molar-refractivity contribution in [1.29, 1.82) is 0 Å². The number of hydrogen-bond acceptors (Lipinski definition) is 2. The molecule has 0 amide bonds. The minimum atomic E-state index is -1.26. The molecule has 0 atom stereocenters. The van der Waals surface area contributed by atoms with E-state index in [0.29, 0.717) is 12.2 Å². The smallest absolute Gasteiger partial charge is 0.328 e. The SMILES string of the molecule is O=C(O)/C=C/C(=O)O.[Fe].[Pt]. The van der Waals surface area contributed by atoms with E-state index in [-0.39, 0.29) is 38.1 Å². The second-order valence-corrected chi connectivity index (χ2v) is 1.01. The average Bonchev–Trinajstić information content (AvgIpc) is 1.61. The van der Waals surface area contributed by atoms with Crippen molar-refractivity contribution in [2.75, 3.05) is 0 Å². The van der Waals surface area contributed by atoms with Crippen LogP contribution in [0.1, 0.15) is 0 Å². The number of carbonyl (C=O) groups is 2. The molecular formula is C4H4FeO4Pt. The van der Waals surface area contributed by atoms with Crippen LogP contribution in [0.2, 0.25) is 0 Å². The van der Waals surface area contributed by atoms with E-state index in [4.69, 9.17) is 10.2 Å². The molecule has 0 aromatic rings. The van der Waals surface area contributed by atoms with Crippen molar-refractivity contribution in [3.8, 4) is 0 Å². The van der Waals surface area contributed by atoms with E-state index >= 15 is 0 Å². The van der Waals surface area contributed by atoms with Gasteiger partial charge in [0, 0.05) is 50.3 Å². The number of aliphatic carboxylic acids is 2. The Hall–Kier alpha value is -0.112. The molecule has 0 spiro atoms. The summed E-state index contributed by atoms with van der Waals surface area (Å²) in [6.07, 6.45) is 1.12. The fourth-order valence-corrected chi connectivity index (χ4v) is 0.143. The first kappa shape index (κ1) is 16.5. The summed E-state index contributed by atoms with van der Waals surface area (Å²) in [6.45, 7) is 0. The molecule has 0 radical (unpaired) electrons. The summed E-state index contributed by atoms with van der Waals surface area (Å²) in [5.74, 6) is -2.51. The van der Waals surface area contributed by atoms with Crippen LogP contribution in [0, 0.1) is 0 Å². The number of carboxylic acid groups (broad SMARTS) is 2. The van der Waals surface area contributed by atoms with Crippen LogP contribution < -0.4 is 0 Å². The number of hydrogen-bond donors (Lipinski definition) is 2. The van der Waals surface area contributed by atoms with E-state index in [1.165, 1.54) is 0 Å². The molecule has 0 heterocycles. The Kier molecular flexibility index (Phi) is 14.6. The summed E-state index contributed by atoms with van der Waals surface area (Å²) < 4.78 is 0. The van der Waals surface area contributed by atoms with Gasteiger partial charge in [-0.25, -0.2) is 9.59 Å². The van der Waals surface area contributed by atoms with Gasteiger partial charge < -0.3 is 10.2 Å². The second kappa shape index (κ2) is 8.89. The predicted octanol–water partition coefficient (Wildman–Crippen LogP) is -0.293. The summed E-state index contributed by atoms with van der Waals surface area (Å²) in [5, 5.41) is 15.6. The van der Waals surface area contributed by atoms with Crippen molar-refractivity contribution in [3.63, 3.8) is 0 Å². The summed E-state index contributed by atoms with van der Waals surface area (Å²) in [5.41, 5.74) is 0. The minimum Gasteiger partial charge on any atom is -0.478 e. The normalized spacial score (nSPS) is 7.60. The quantitative estimate of drug-likeness (QED) is 0.520. The van der Waals surface area contributed by atoms with Gasteiger partial charge in [0.25, 0.3) is 0 Å². The molecule has 4 nitrogen and oxygen atoms in total. The standard InChI is InChI=1S/C4H4O4.Fe.Pt/c5-3(6)1-2-4(7)8;;/h1-2H,(H,5,6)(H,7,8);;/b2-1+;;. The van der Waals surface area contributed by atoms with Crippen LogP contribution in [0.5, 0.6) is 0 Å². The van der Waals surface area contributed by atoms with Crippen molar-refractivity contribution in [3.05, 3.63) is 12.2 Å². The zero-order chi connectivity index (χ0) is 6.57. The van der Waals surface area contributed by atoms with E-state index < -0.39 is 11.9 Å². The molecule has 0 aromatic heterocycles. The molecule has 0 rings (SSSR count). The first-order chi connectivity index (χ1) is 3.63. The molecule has 2 N–H and O–H groups in total. The van der Waals surface area contributed by atoms with E-state index in [2.05, 4.69) is 0 Å². The Labute approximate surface area is 82.0 Å². The molecule has 0 unspecified atom stereocenters. The van der Waals surface area contributed by atoms with Crippen LogP contribution in [-0.4, -0.2) is 22.2 Å². The molecule has 0 aliphatic carbocycles. The van der Waals surface area contributed by atoms with Gasteiger partial charge >= 0.3 is 11.9 Å². The number of rotatable bonds is 2. The Balaban J connectivity index is -0.000000245. The van der Waals surface area contributed by atoms with Crippen LogP contribution in [0.3, 0.4) is 0 Å². The van der Waals surface area contributed by atoms with Crippen molar-refractivity contribution in [2.24, 2.45) is 0 Å². The van der Waals surface area contributed by atoms with Crippen molar-refractivity contribution < 1.29 is 57.9 Å². The largest absolute Gasteiger partial charge is 0.478 e. The Morgan fingerprint density at radius 3 is 1.30 bits per heavy atom. The van der Waals surface area contributed by atoms with E-state index in [0.717, 1.165) is 0 Å². The fourth-order valence-electron chi connectivity index (χ4n) is 0.143. The topological polar surface area (TPSA) is 74.6 Å². The predicted molar refractivity (Wildman–Crippen MR) is 24.4 cm³/mol.